The van der Waals surface area contributed by atoms with Crippen molar-refractivity contribution >= 4 is 5.69 Å². The minimum Gasteiger partial charge on any atom is -0.376 e. The number of nitrogens with zero attached hydrogens (tertiary/aromatic N) is 3. The van der Waals surface area contributed by atoms with Gasteiger partial charge in [0.05, 0.1) is 5.69 Å². The quantitative estimate of drug-likeness (QED) is 0.697. The predicted molar refractivity (Wildman–Crippen MR) is 64.1 cm³/mol. The van der Waals surface area contributed by atoms with Crippen molar-refractivity contribution in [3.8, 4) is 0 Å². The highest BCUT2D eigenvalue weighted by atomic mass is 19.2. The van der Waals surface area contributed by atoms with E-state index in [1.165, 1.54) is 0 Å². The van der Waals surface area contributed by atoms with Gasteiger partial charge in [0.15, 0.2) is 0 Å². The Bertz CT molecular complexity index is 640. The summed E-state index contributed by atoms with van der Waals surface area (Å²) in [4.78, 5) is 2.49. The normalized spacial score (nSPS) is 10.9. The van der Waals surface area contributed by atoms with Crippen LogP contribution in [0.15, 0.2) is 0 Å². The van der Waals surface area contributed by atoms with E-state index in [1.54, 1.807) is 25.6 Å². The summed E-state index contributed by atoms with van der Waals surface area (Å²) >= 11 is 0. The van der Waals surface area contributed by atoms with Crippen molar-refractivity contribution in [2.75, 3.05) is 5.32 Å². The SMILES string of the molecule is Cc1nn(C)c(C)c1CNc1c(F)c(F)nc(F)c1F. The maximum atomic E-state index is 13.4. The second-order valence-electron chi connectivity index (χ2n) is 4.32. The number of hydrogen-bond donors (Lipinski definition) is 1. The van der Waals surface area contributed by atoms with Crippen LogP contribution in [-0.2, 0) is 13.6 Å². The van der Waals surface area contributed by atoms with Crippen LogP contribution < -0.4 is 5.32 Å². The molecule has 1 N–H and O–H groups in total. The molecule has 0 aromatic carbocycles. The molecule has 20 heavy (non-hydrogen) atoms. The number of aromatic nitrogens is 3. The average molecular weight is 288 g/mol. The van der Waals surface area contributed by atoms with Gasteiger partial charge >= 0.3 is 0 Å². The highest BCUT2D eigenvalue weighted by Gasteiger charge is 2.21. The first kappa shape index (κ1) is 14.3. The summed E-state index contributed by atoms with van der Waals surface area (Å²) in [5, 5.41) is 6.48. The van der Waals surface area contributed by atoms with E-state index >= 15 is 0 Å². The molecule has 0 unspecified atom stereocenters. The van der Waals surface area contributed by atoms with Gasteiger partial charge in [-0.15, -0.1) is 0 Å². The number of anilines is 1. The summed E-state index contributed by atoms with van der Waals surface area (Å²) < 4.78 is 54.4. The molecule has 0 saturated carbocycles. The molecule has 0 spiro atoms. The third-order valence-corrected chi connectivity index (χ3v) is 3.10. The van der Waals surface area contributed by atoms with Crippen LogP contribution in [0.1, 0.15) is 17.0 Å². The van der Waals surface area contributed by atoms with Crippen molar-refractivity contribution in [1.29, 1.82) is 0 Å². The topological polar surface area (TPSA) is 42.7 Å². The third kappa shape index (κ3) is 2.33. The fourth-order valence-corrected chi connectivity index (χ4v) is 1.89. The van der Waals surface area contributed by atoms with E-state index in [-0.39, 0.29) is 6.54 Å². The highest BCUT2D eigenvalue weighted by molar-refractivity contribution is 5.46. The first-order valence-corrected chi connectivity index (χ1v) is 5.75. The van der Waals surface area contributed by atoms with Crippen LogP contribution in [0.25, 0.3) is 0 Å². The van der Waals surface area contributed by atoms with Crippen molar-refractivity contribution in [3.05, 3.63) is 40.5 Å². The van der Waals surface area contributed by atoms with Crippen LogP contribution in [0.2, 0.25) is 0 Å². The van der Waals surface area contributed by atoms with Gasteiger partial charge in [0.25, 0.3) is 11.9 Å². The van der Waals surface area contributed by atoms with Crippen LogP contribution in [0.3, 0.4) is 0 Å². The van der Waals surface area contributed by atoms with Gasteiger partial charge in [-0.05, 0) is 13.8 Å². The van der Waals surface area contributed by atoms with Gasteiger partial charge in [-0.25, -0.2) is 0 Å². The van der Waals surface area contributed by atoms with Crippen LogP contribution in [-0.4, -0.2) is 14.8 Å². The molecule has 0 aliphatic rings. The van der Waals surface area contributed by atoms with Crippen molar-refractivity contribution in [3.63, 3.8) is 0 Å². The molecule has 0 aliphatic carbocycles. The Kier molecular flexibility index (Phi) is 3.65. The molecule has 0 bridgehead atoms. The Morgan fingerprint density at radius 3 is 2.05 bits per heavy atom. The molecule has 0 amide bonds. The van der Waals surface area contributed by atoms with Gasteiger partial charge in [-0.3, -0.25) is 4.68 Å². The van der Waals surface area contributed by atoms with E-state index < -0.39 is 29.2 Å². The average Bonchev–Trinajstić information content (AvgIpc) is 2.62. The van der Waals surface area contributed by atoms with Gasteiger partial charge in [0.2, 0.25) is 11.6 Å². The molecule has 4 nitrogen and oxygen atoms in total. The van der Waals surface area contributed by atoms with Gasteiger partial charge < -0.3 is 5.32 Å². The molecule has 0 radical (unpaired) electrons. The van der Waals surface area contributed by atoms with Crippen molar-refractivity contribution in [2.24, 2.45) is 7.05 Å². The Hall–Kier alpha value is -2.12. The summed E-state index contributed by atoms with van der Waals surface area (Å²) in [5.74, 6) is -6.48. The van der Waals surface area contributed by atoms with E-state index in [0.29, 0.717) is 11.3 Å². The lowest BCUT2D eigenvalue weighted by Gasteiger charge is -2.09. The second-order valence-corrected chi connectivity index (χ2v) is 4.32. The van der Waals surface area contributed by atoms with Crippen molar-refractivity contribution in [1.82, 2.24) is 14.8 Å². The van der Waals surface area contributed by atoms with E-state index in [1.807, 2.05) is 0 Å². The number of hydrogen-bond acceptors (Lipinski definition) is 3. The van der Waals surface area contributed by atoms with Crippen LogP contribution in [0.5, 0.6) is 0 Å². The molecule has 2 aromatic heterocycles. The molecule has 2 rings (SSSR count). The number of aryl methyl sites for hydroxylation is 2. The van der Waals surface area contributed by atoms with Gasteiger partial charge in [0, 0.05) is 24.8 Å². The first-order chi connectivity index (χ1) is 9.32. The molecule has 2 heterocycles. The van der Waals surface area contributed by atoms with Crippen molar-refractivity contribution in [2.45, 2.75) is 20.4 Å². The zero-order chi connectivity index (χ0) is 15.0. The van der Waals surface area contributed by atoms with E-state index in [4.69, 9.17) is 0 Å². The molecule has 8 heteroatoms. The lowest BCUT2D eigenvalue weighted by Crippen LogP contribution is -2.10. The Balaban J connectivity index is 2.32. The smallest absolute Gasteiger partial charge is 0.253 e. The summed E-state index contributed by atoms with van der Waals surface area (Å²) in [6, 6.07) is 0. The summed E-state index contributed by atoms with van der Waals surface area (Å²) in [5.41, 5.74) is 1.26. The summed E-state index contributed by atoms with van der Waals surface area (Å²) in [6.07, 6.45) is 0. The lowest BCUT2D eigenvalue weighted by molar-refractivity contribution is 0.410. The van der Waals surface area contributed by atoms with Crippen LogP contribution in [0, 0.1) is 37.4 Å². The molecule has 0 fully saturated rings. The fraction of sp³-hybridized carbons (Fsp3) is 0.333. The second kappa shape index (κ2) is 5.10. The van der Waals surface area contributed by atoms with Crippen molar-refractivity contribution < 1.29 is 17.6 Å². The standard InChI is InChI=1S/C12H12F4N4/c1-5-7(6(2)20(3)19-5)4-17-10-8(13)11(15)18-12(16)9(10)14/h4H2,1-3H3,(H,17,18). The molecule has 2 aromatic rings. The fourth-order valence-electron chi connectivity index (χ4n) is 1.89. The molecular formula is C12H12F4N4. The van der Waals surface area contributed by atoms with E-state index in [9.17, 15) is 17.6 Å². The minimum atomic E-state index is -1.69. The number of nitrogens with one attached hydrogen (secondary N) is 1. The first-order valence-electron chi connectivity index (χ1n) is 5.75. The van der Waals surface area contributed by atoms with E-state index in [0.717, 1.165) is 5.69 Å². The molecule has 108 valence electrons. The molecular weight excluding hydrogens is 276 g/mol. The zero-order valence-electron chi connectivity index (χ0n) is 11.1. The largest absolute Gasteiger partial charge is 0.376 e. The number of halogens is 4. The minimum absolute atomic E-state index is 0.0117. The van der Waals surface area contributed by atoms with Gasteiger partial charge in [-0.2, -0.15) is 27.6 Å². The van der Waals surface area contributed by atoms with Gasteiger partial charge in [0.1, 0.15) is 5.69 Å². The summed E-state index contributed by atoms with van der Waals surface area (Å²) in [7, 11) is 1.72. The Morgan fingerprint density at radius 2 is 1.60 bits per heavy atom. The monoisotopic (exact) mass is 288 g/mol. The van der Waals surface area contributed by atoms with Gasteiger partial charge in [-0.1, -0.05) is 0 Å². The van der Waals surface area contributed by atoms with Crippen LogP contribution >= 0.6 is 0 Å². The van der Waals surface area contributed by atoms with E-state index in [2.05, 4.69) is 15.4 Å². The summed E-state index contributed by atoms with van der Waals surface area (Å²) in [6.45, 7) is 3.49. The zero-order valence-corrected chi connectivity index (χ0v) is 11.1. The number of pyridine rings is 1. The molecule has 0 saturated heterocycles. The maximum absolute atomic E-state index is 13.4. The number of rotatable bonds is 3. The predicted octanol–water partition coefficient (Wildman–Crippen LogP) is 2.60. The molecule has 0 atom stereocenters. The van der Waals surface area contributed by atoms with Crippen LogP contribution in [0.4, 0.5) is 23.2 Å². The highest BCUT2D eigenvalue weighted by Crippen LogP contribution is 2.23. The Labute approximate surface area is 112 Å². The molecule has 0 aliphatic heterocycles. The Morgan fingerprint density at radius 1 is 1.05 bits per heavy atom. The third-order valence-electron chi connectivity index (χ3n) is 3.10. The maximum Gasteiger partial charge on any atom is 0.253 e. The lowest BCUT2D eigenvalue weighted by atomic mass is 10.2.